The number of hydrogen-bond donors (Lipinski definition) is 1. The fourth-order valence-corrected chi connectivity index (χ4v) is 2.53. The SMILES string of the molecule is FCC[C@@H](c1ccc(OC(F)F)cc1)N1CCNCC1. The van der Waals surface area contributed by atoms with E-state index in [1.165, 1.54) is 12.1 Å². The molecule has 0 unspecified atom stereocenters. The van der Waals surface area contributed by atoms with Crippen molar-refractivity contribution in [3.63, 3.8) is 0 Å². The van der Waals surface area contributed by atoms with Crippen LogP contribution in [0.3, 0.4) is 0 Å². The minimum Gasteiger partial charge on any atom is -0.435 e. The standard InChI is InChI=1S/C14H19F3N2O/c15-6-5-13(19-9-7-18-8-10-19)11-1-3-12(4-2-11)20-14(16)17/h1-4,13-14,18H,5-10H2/t13-/m0/s1. The third kappa shape index (κ3) is 4.11. The second kappa shape index (κ2) is 7.50. The zero-order chi connectivity index (χ0) is 14.4. The largest absolute Gasteiger partial charge is 0.435 e. The zero-order valence-corrected chi connectivity index (χ0v) is 11.2. The molecule has 0 bridgehead atoms. The maximum absolute atomic E-state index is 12.8. The number of alkyl halides is 3. The Bertz CT molecular complexity index is 394. The van der Waals surface area contributed by atoms with Crippen LogP contribution in [0.5, 0.6) is 5.75 Å². The van der Waals surface area contributed by atoms with Crippen molar-refractivity contribution in [1.29, 1.82) is 0 Å². The van der Waals surface area contributed by atoms with Crippen molar-refractivity contribution < 1.29 is 17.9 Å². The Morgan fingerprint density at radius 1 is 1.15 bits per heavy atom. The van der Waals surface area contributed by atoms with Crippen LogP contribution in [0.1, 0.15) is 18.0 Å². The third-order valence-corrected chi connectivity index (χ3v) is 3.46. The monoisotopic (exact) mass is 288 g/mol. The molecular formula is C14H19F3N2O. The first kappa shape index (κ1) is 15.1. The van der Waals surface area contributed by atoms with Crippen LogP contribution < -0.4 is 10.1 Å². The Labute approximate surface area is 116 Å². The molecule has 0 aliphatic carbocycles. The van der Waals surface area contributed by atoms with Crippen LogP contribution in [0.4, 0.5) is 13.2 Å². The smallest absolute Gasteiger partial charge is 0.387 e. The van der Waals surface area contributed by atoms with Crippen molar-refractivity contribution in [1.82, 2.24) is 10.2 Å². The molecule has 1 aliphatic rings. The summed E-state index contributed by atoms with van der Waals surface area (Å²) in [4.78, 5) is 2.22. The number of benzene rings is 1. The van der Waals surface area contributed by atoms with Crippen molar-refractivity contribution in [2.75, 3.05) is 32.9 Å². The molecule has 1 aromatic carbocycles. The number of nitrogens with one attached hydrogen (secondary N) is 1. The van der Waals surface area contributed by atoms with Gasteiger partial charge in [-0.3, -0.25) is 9.29 Å². The lowest BCUT2D eigenvalue weighted by molar-refractivity contribution is -0.0498. The van der Waals surface area contributed by atoms with E-state index in [9.17, 15) is 13.2 Å². The maximum Gasteiger partial charge on any atom is 0.387 e. The molecule has 1 atom stereocenters. The molecule has 0 amide bonds. The average Bonchev–Trinajstić information content (AvgIpc) is 2.46. The summed E-state index contributed by atoms with van der Waals surface area (Å²) in [5.41, 5.74) is 0.936. The minimum absolute atomic E-state index is 0.0114. The highest BCUT2D eigenvalue weighted by Crippen LogP contribution is 2.27. The van der Waals surface area contributed by atoms with Gasteiger partial charge in [0.2, 0.25) is 0 Å². The molecule has 3 nitrogen and oxygen atoms in total. The summed E-state index contributed by atoms with van der Waals surface area (Å²) >= 11 is 0. The summed E-state index contributed by atoms with van der Waals surface area (Å²) in [5, 5.41) is 3.26. The summed E-state index contributed by atoms with van der Waals surface area (Å²) in [6.45, 7) is 0.268. The maximum atomic E-state index is 12.8. The fraction of sp³-hybridized carbons (Fsp3) is 0.571. The van der Waals surface area contributed by atoms with E-state index in [4.69, 9.17) is 0 Å². The molecule has 0 spiro atoms. The molecule has 2 rings (SSSR count). The molecule has 1 aliphatic heterocycles. The molecule has 1 aromatic rings. The predicted molar refractivity (Wildman–Crippen MR) is 70.8 cm³/mol. The van der Waals surface area contributed by atoms with E-state index < -0.39 is 13.3 Å². The van der Waals surface area contributed by atoms with Crippen LogP contribution in [0, 0.1) is 0 Å². The van der Waals surface area contributed by atoms with Crippen molar-refractivity contribution in [2.45, 2.75) is 19.1 Å². The molecule has 6 heteroatoms. The summed E-state index contributed by atoms with van der Waals surface area (Å²) in [5.74, 6) is 0.128. The van der Waals surface area contributed by atoms with Gasteiger partial charge in [0.15, 0.2) is 0 Å². The molecule has 20 heavy (non-hydrogen) atoms. The first-order valence-electron chi connectivity index (χ1n) is 6.76. The molecule has 1 heterocycles. The fourth-order valence-electron chi connectivity index (χ4n) is 2.53. The van der Waals surface area contributed by atoms with E-state index in [-0.39, 0.29) is 11.8 Å². The van der Waals surface area contributed by atoms with Gasteiger partial charge < -0.3 is 10.1 Å². The van der Waals surface area contributed by atoms with E-state index in [0.717, 1.165) is 31.7 Å². The van der Waals surface area contributed by atoms with Gasteiger partial charge >= 0.3 is 6.61 Å². The molecular weight excluding hydrogens is 269 g/mol. The summed E-state index contributed by atoms with van der Waals surface area (Å²) in [6.07, 6.45) is 0.412. The average molecular weight is 288 g/mol. The van der Waals surface area contributed by atoms with Crippen molar-refractivity contribution in [3.05, 3.63) is 29.8 Å². The third-order valence-electron chi connectivity index (χ3n) is 3.46. The first-order valence-corrected chi connectivity index (χ1v) is 6.76. The van der Waals surface area contributed by atoms with Gasteiger partial charge in [-0.1, -0.05) is 12.1 Å². The highest BCUT2D eigenvalue weighted by atomic mass is 19.3. The number of ether oxygens (including phenoxy) is 1. The highest BCUT2D eigenvalue weighted by Gasteiger charge is 2.22. The van der Waals surface area contributed by atoms with Crippen LogP contribution in [-0.4, -0.2) is 44.4 Å². The lowest BCUT2D eigenvalue weighted by Gasteiger charge is -2.35. The predicted octanol–water partition coefficient (Wildman–Crippen LogP) is 2.59. The summed E-state index contributed by atoms with van der Waals surface area (Å²) < 4.78 is 41.3. The quantitative estimate of drug-likeness (QED) is 0.871. The highest BCUT2D eigenvalue weighted by molar-refractivity contribution is 5.29. The molecule has 0 radical (unpaired) electrons. The zero-order valence-electron chi connectivity index (χ0n) is 11.2. The Morgan fingerprint density at radius 3 is 2.35 bits per heavy atom. The van der Waals surface area contributed by atoms with Gasteiger partial charge in [-0.2, -0.15) is 8.78 Å². The van der Waals surface area contributed by atoms with E-state index in [1.807, 2.05) is 0 Å². The van der Waals surface area contributed by atoms with Crippen molar-refractivity contribution in [2.24, 2.45) is 0 Å². The second-order valence-corrected chi connectivity index (χ2v) is 4.73. The van der Waals surface area contributed by atoms with Crippen LogP contribution in [0.25, 0.3) is 0 Å². The molecule has 0 aromatic heterocycles. The number of rotatable bonds is 6. The van der Waals surface area contributed by atoms with Gasteiger partial charge in [0.1, 0.15) is 5.75 Å². The number of hydrogen-bond acceptors (Lipinski definition) is 3. The Morgan fingerprint density at radius 2 is 1.80 bits per heavy atom. The van der Waals surface area contributed by atoms with E-state index in [1.54, 1.807) is 12.1 Å². The Balaban J connectivity index is 2.07. The number of nitrogens with zero attached hydrogens (tertiary/aromatic N) is 1. The van der Waals surface area contributed by atoms with Crippen LogP contribution in [0.2, 0.25) is 0 Å². The van der Waals surface area contributed by atoms with Gasteiger partial charge in [-0.25, -0.2) is 0 Å². The van der Waals surface area contributed by atoms with Gasteiger partial charge in [-0.05, 0) is 24.1 Å². The summed E-state index contributed by atoms with van der Waals surface area (Å²) in [6, 6.07) is 6.48. The molecule has 0 saturated carbocycles. The van der Waals surface area contributed by atoms with Crippen molar-refractivity contribution in [3.8, 4) is 5.75 Å². The van der Waals surface area contributed by atoms with Crippen molar-refractivity contribution >= 4 is 0 Å². The lowest BCUT2D eigenvalue weighted by atomic mass is 10.0. The van der Waals surface area contributed by atoms with Gasteiger partial charge in [0, 0.05) is 32.2 Å². The molecule has 112 valence electrons. The second-order valence-electron chi connectivity index (χ2n) is 4.73. The molecule has 1 saturated heterocycles. The number of piperazine rings is 1. The summed E-state index contributed by atoms with van der Waals surface area (Å²) in [7, 11) is 0. The van der Waals surface area contributed by atoms with Gasteiger partial charge in [0.25, 0.3) is 0 Å². The lowest BCUT2D eigenvalue weighted by Crippen LogP contribution is -2.45. The number of halogens is 3. The van der Waals surface area contributed by atoms with E-state index in [0.29, 0.717) is 6.42 Å². The Kier molecular flexibility index (Phi) is 5.67. The first-order chi connectivity index (χ1) is 9.70. The van der Waals surface area contributed by atoms with Gasteiger partial charge in [0.05, 0.1) is 6.67 Å². The Hall–Kier alpha value is -1.27. The molecule has 1 N–H and O–H groups in total. The van der Waals surface area contributed by atoms with Crippen LogP contribution in [0.15, 0.2) is 24.3 Å². The van der Waals surface area contributed by atoms with Crippen LogP contribution in [-0.2, 0) is 0 Å². The van der Waals surface area contributed by atoms with Gasteiger partial charge in [-0.15, -0.1) is 0 Å². The molecule has 1 fully saturated rings. The normalized spacial score (nSPS) is 18.2. The van der Waals surface area contributed by atoms with E-state index in [2.05, 4.69) is 15.0 Å². The van der Waals surface area contributed by atoms with E-state index >= 15 is 0 Å². The van der Waals surface area contributed by atoms with Crippen LogP contribution >= 0.6 is 0 Å². The minimum atomic E-state index is -2.82. The topological polar surface area (TPSA) is 24.5 Å².